The summed E-state index contributed by atoms with van der Waals surface area (Å²) in [6.07, 6.45) is 4.00. The molecule has 4 saturated carbocycles. The molecule has 0 atom stereocenters. The van der Waals surface area contributed by atoms with Crippen molar-refractivity contribution in [1.29, 1.82) is 0 Å². The molecule has 8 heteroatoms. The van der Waals surface area contributed by atoms with Crippen LogP contribution < -0.4 is 5.32 Å². The van der Waals surface area contributed by atoms with Gasteiger partial charge in [-0.2, -0.15) is 8.78 Å². The first-order chi connectivity index (χ1) is 10.2. The Bertz CT molecular complexity index is 544. The Labute approximate surface area is 128 Å². The first kappa shape index (κ1) is 15.8. The van der Waals surface area contributed by atoms with Crippen LogP contribution in [0.4, 0.5) is 8.78 Å². The average molecular weight is 335 g/mol. The molecule has 0 heterocycles. The molecule has 0 spiro atoms. The van der Waals surface area contributed by atoms with Crippen LogP contribution in [0, 0.1) is 23.2 Å². The lowest BCUT2D eigenvalue weighted by atomic mass is 9.49. The van der Waals surface area contributed by atoms with E-state index in [4.69, 9.17) is 0 Å². The summed E-state index contributed by atoms with van der Waals surface area (Å²) >= 11 is 0. The number of carbonyl (C=O) groups is 2. The molecule has 0 aliphatic heterocycles. The molecule has 0 saturated heterocycles. The van der Waals surface area contributed by atoms with Gasteiger partial charge in [0.25, 0.3) is 0 Å². The molecular formula is C14H19F2NO4S. The molecule has 0 radical (unpaired) electrons. The number of rotatable bonds is 4. The Hall–Kier alpha value is -1.05. The first-order valence-corrected chi connectivity index (χ1v) is 8.74. The molecule has 124 valence electrons. The molecule has 0 aromatic carbocycles. The van der Waals surface area contributed by atoms with E-state index in [0.717, 1.165) is 19.3 Å². The van der Waals surface area contributed by atoms with Crippen molar-refractivity contribution < 1.29 is 26.8 Å². The minimum absolute atomic E-state index is 0.490. The third-order valence-electron chi connectivity index (χ3n) is 5.41. The number of hydrogen-bond donors (Lipinski definition) is 2. The number of hydrogen-bond acceptors (Lipinski definition) is 4. The van der Waals surface area contributed by atoms with Crippen LogP contribution >= 0.6 is 0 Å². The highest BCUT2D eigenvalue weighted by Gasteiger charge is 2.55. The molecule has 2 amide bonds. The average Bonchev–Trinajstić information content (AvgIpc) is 2.35. The van der Waals surface area contributed by atoms with Crippen molar-refractivity contribution in [3.63, 3.8) is 0 Å². The quantitative estimate of drug-likeness (QED) is 0.762. The number of halogens is 2. The lowest BCUT2D eigenvalue weighted by molar-refractivity contribution is -0.150. The number of carbonyl (C=O) groups excluding carboxylic acids is 2. The fraction of sp³-hybridized carbons (Fsp3) is 0.857. The van der Waals surface area contributed by atoms with Gasteiger partial charge in [0.1, 0.15) is 6.42 Å². The molecule has 4 aliphatic rings. The van der Waals surface area contributed by atoms with Gasteiger partial charge in [-0.1, -0.05) is 0 Å². The maximum atomic E-state index is 13.0. The van der Waals surface area contributed by atoms with Crippen molar-refractivity contribution in [2.45, 2.75) is 50.2 Å². The van der Waals surface area contributed by atoms with Gasteiger partial charge >= 0.3 is 5.25 Å². The van der Waals surface area contributed by atoms with E-state index in [9.17, 15) is 26.8 Å². The van der Waals surface area contributed by atoms with Gasteiger partial charge in [0.05, 0.1) is 5.41 Å². The highest BCUT2D eigenvalue weighted by Crippen LogP contribution is 2.60. The van der Waals surface area contributed by atoms with E-state index in [2.05, 4.69) is 0 Å². The molecule has 22 heavy (non-hydrogen) atoms. The van der Waals surface area contributed by atoms with E-state index in [1.807, 2.05) is 5.32 Å². The minimum Gasteiger partial charge on any atom is -0.296 e. The molecule has 0 aromatic heterocycles. The SMILES string of the molecule is O=C(CC(F)(F)[SH](=O)=O)NC(=O)C12CC3CC(CC(C3)C1)C2. The van der Waals surface area contributed by atoms with Crippen LogP contribution in [0.5, 0.6) is 0 Å². The zero-order valence-electron chi connectivity index (χ0n) is 12.0. The Balaban J connectivity index is 1.66. The summed E-state index contributed by atoms with van der Waals surface area (Å²) in [7, 11) is -4.03. The predicted molar refractivity (Wildman–Crippen MR) is 73.6 cm³/mol. The molecule has 1 N–H and O–H groups in total. The summed E-state index contributed by atoms with van der Waals surface area (Å²) in [5.41, 5.74) is -0.612. The topological polar surface area (TPSA) is 80.3 Å². The highest BCUT2D eigenvalue weighted by molar-refractivity contribution is 7.73. The number of amides is 2. The summed E-state index contributed by atoms with van der Waals surface area (Å²) in [4.78, 5) is 24.0. The molecule has 0 unspecified atom stereocenters. The van der Waals surface area contributed by atoms with Crippen LogP contribution in [0.15, 0.2) is 0 Å². The van der Waals surface area contributed by atoms with Crippen molar-refractivity contribution in [3.8, 4) is 0 Å². The predicted octanol–water partition coefficient (Wildman–Crippen LogP) is 1.44. The van der Waals surface area contributed by atoms with E-state index < -0.39 is 39.6 Å². The van der Waals surface area contributed by atoms with Crippen LogP contribution in [0.2, 0.25) is 0 Å². The summed E-state index contributed by atoms with van der Waals surface area (Å²) in [5, 5.41) is -2.09. The third kappa shape index (κ3) is 2.77. The number of nitrogens with one attached hydrogen (secondary N) is 1. The van der Waals surface area contributed by atoms with Gasteiger partial charge < -0.3 is 0 Å². The van der Waals surface area contributed by atoms with E-state index in [1.54, 1.807) is 0 Å². The van der Waals surface area contributed by atoms with Crippen molar-refractivity contribution in [1.82, 2.24) is 5.32 Å². The summed E-state index contributed by atoms with van der Waals surface area (Å²) in [6, 6.07) is 0. The van der Waals surface area contributed by atoms with Crippen LogP contribution in [0.1, 0.15) is 44.9 Å². The van der Waals surface area contributed by atoms with Gasteiger partial charge in [-0.25, -0.2) is 8.42 Å². The van der Waals surface area contributed by atoms with Gasteiger partial charge in [0, 0.05) is 0 Å². The lowest BCUT2D eigenvalue weighted by Gasteiger charge is -2.55. The van der Waals surface area contributed by atoms with E-state index >= 15 is 0 Å². The first-order valence-electron chi connectivity index (χ1n) is 7.57. The Kier molecular flexibility index (Phi) is 3.78. The summed E-state index contributed by atoms with van der Waals surface area (Å²) in [5.74, 6) is -0.238. The third-order valence-corrected chi connectivity index (χ3v) is 6.11. The Morgan fingerprint density at radius 1 is 1.05 bits per heavy atom. The largest absolute Gasteiger partial charge is 0.351 e. The second-order valence-corrected chi connectivity index (χ2v) is 8.34. The van der Waals surface area contributed by atoms with Gasteiger partial charge in [-0.05, 0) is 56.3 Å². The number of thiol groups is 1. The maximum Gasteiger partial charge on any atom is 0.351 e. The molecule has 0 aromatic rings. The van der Waals surface area contributed by atoms with E-state index in [0.29, 0.717) is 37.0 Å². The lowest BCUT2D eigenvalue weighted by Crippen LogP contribution is -2.54. The molecular weight excluding hydrogens is 316 g/mol. The van der Waals surface area contributed by atoms with Crippen LogP contribution in [-0.2, 0) is 20.3 Å². The fourth-order valence-corrected chi connectivity index (χ4v) is 5.22. The van der Waals surface area contributed by atoms with Crippen molar-refractivity contribution in [3.05, 3.63) is 0 Å². The van der Waals surface area contributed by atoms with Gasteiger partial charge in [-0.15, -0.1) is 0 Å². The van der Waals surface area contributed by atoms with E-state index in [-0.39, 0.29) is 0 Å². The number of alkyl halides is 2. The van der Waals surface area contributed by atoms with Crippen molar-refractivity contribution in [2.75, 3.05) is 0 Å². The maximum absolute atomic E-state index is 13.0. The monoisotopic (exact) mass is 335 g/mol. The molecule has 4 aliphatic carbocycles. The normalized spacial score (nSPS) is 36.6. The molecule has 5 nitrogen and oxygen atoms in total. The van der Waals surface area contributed by atoms with Crippen molar-refractivity contribution in [2.24, 2.45) is 23.2 Å². The zero-order chi connectivity index (χ0) is 16.1. The van der Waals surface area contributed by atoms with E-state index in [1.165, 1.54) is 0 Å². The standard InChI is InChI=1S/C14H19F2NO4S/c15-14(16,22(20)21)7-11(18)17-12(19)13-4-8-1-9(5-13)3-10(2-8)6-13/h8-10,22H,1-7H2,(H,17,18,19). The smallest absolute Gasteiger partial charge is 0.296 e. The second-order valence-electron chi connectivity index (χ2n) is 7.17. The van der Waals surface area contributed by atoms with Crippen LogP contribution in [0.3, 0.4) is 0 Å². The molecule has 4 rings (SSSR count). The molecule has 4 fully saturated rings. The number of imide groups is 1. The van der Waals surface area contributed by atoms with Crippen LogP contribution in [-0.4, -0.2) is 25.5 Å². The summed E-state index contributed by atoms with van der Waals surface area (Å²) < 4.78 is 46.9. The van der Waals surface area contributed by atoms with Gasteiger partial charge in [0.2, 0.25) is 22.5 Å². The Morgan fingerprint density at radius 3 is 1.91 bits per heavy atom. The second kappa shape index (κ2) is 5.25. The fourth-order valence-electron chi connectivity index (χ4n) is 4.95. The molecule has 4 bridgehead atoms. The Morgan fingerprint density at radius 2 is 1.50 bits per heavy atom. The van der Waals surface area contributed by atoms with Crippen molar-refractivity contribution >= 4 is 22.5 Å². The van der Waals surface area contributed by atoms with Gasteiger partial charge in [0.15, 0.2) is 0 Å². The zero-order valence-corrected chi connectivity index (χ0v) is 12.9. The van der Waals surface area contributed by atoms with Crippen LogP contribution in [0.25, 0.3) is 0 Å². The van der Waals surface area contributed by atoms with Gasteiger partial charge in [-0.3, -0.25) is 14.9 Å². The minimum atomic E-state index is -4.11. The summed E-state index contributed by atoms with van der Waals surface area (Å²) in [6.45, 7) is 0. The highest BCUT2D eigenvalue weighted by atomic mass is 32.2.